The topological polar surface area (TPSA) is 53.1 Å². The van der Waals surface area contributed by atoms with E-state index in [9.17, 15) is 0 Å². The molecule has 4 nitrogen and oxygen atoms in total. The summed E-state index contributed by atoms with van der Waals surface area (Å²) < 4.78 is 7.34. The van der Waals surface area contributed by atoms with Crippen molar-refractivity contribution in [3.63, 3.8) is 0 Å². The van der Waals surface area contributed by atoms with E-state index >= 15 is 0 Å². The number of anilines is 1. The Kier molecular flexibility index (Phi) is 4.36. The van der Waals surface area contributed by atoms with Crippen LogP contribution in [-0.4, -0.2) is 23.0 Å². The van der Waals surface area contributed by atoms with E-state index < -0.39 is 0 Å². The molecule has 0 radical (unpaired) electrons. The van der Waals surface area contributed by atoms with Crippen LogP contribution >= 0.6 is 0 Å². The van der Waals surface area contributed by atoms with Crippen LogP contribution in [0.5, 0.6) is 0 Å². The third kappa shape index (κ3) is 3.34. The predicted molar refractivity (Wildman–Crippen MR) is 73.2 cm³/mol. The third-order valence-corrected chi connectivity index (χ3v) is 2.67. The number of nitrogen functional groups attached to an aromatic ring is 1. The van der Waals surface area contributed by atoms with Gasteiger partial charge >= 0.3 is 0 Å². The van der Waals surface area contributed by atoms with Crippen LogP contribution < -0.4 is 5.73 Å². The molecule has 0 spiro atoms. The molecule has 4 heteroatoms. The van der Waals surface area contributed by atoms with Crippen molar-refractivity contribution >= 4 is 5.69 Å². The Bertz CT molecular complexity index is 493. The molecule has 1 aromatic heterocycles. The molecule has 0 aliphatic heterocycles. The highest BCUT2D eigenvalue weighted by Crippen LogP contribution is 2.20. The fraction of sp³-hybridized carbons (Fsp3) is 0.357. The summed E-state index contributed by atoms with van der Waals surface area (Å²) in [5.74, 6) is 0. The van der Waals surface area contributed by atoms with Crippen molar-refractivity contribution in [3.05, 3.63) is 36.7 Å². The molecular weight excluding hydrogens is 226 g/mol. The summed E-state index contributed by atoms with van der Waals surface area (Å²) in [5, 5.41) is 4.32. The monoisotopic (exact) mass is 245 g/mol. The van der Waals surface area contributed by atoms with E-state index in [1.807, 2.05) is 41.3 Å². The lowest BCUT2D eigenvalue weighted by atomic mass is 10.1. The van der Waals surface area contributed by atoms with Crippen molar-refractivity contribution in [1.29, 1.82) is 0 Å². The molecule has 0 saturated carbocycles. The van der Waals surface area contributed by atoms with E-state index in [1.54, 1.807) is 0 Å². The van der Waals surface area contributed by atoms with E-state index in [4.69, 9.17) is 10.5 Å². The molecule has 1 heterocycles. The molecule has 2 N–H and O–H groups in total. The molecule has 2 rings (SSSR count). The number of hydrogen-bond acceptors (Lipinski definition) is 3. The number of benzene rings is 1. The maximum Gasteiger partial charge on any atom is 0.0662 e. The second-order valence-electron chi connectivity index (χ2n) is 4.23. The lowest BCUT2D eigenvalue weighted by Crippen LogP contribution is -2.06. The maximum atomic E-state index is 5.77. The number of hydrogen-bond donors (Lipinski definition) is 1. The van der Waals surface area contributed by atoms with Gasteiger partial charge in [0.25, 0.3) is 0 Å². The molecule has 0 amide bonds. The van der Waals surface area contributed by atoms with Gasteiger partial charge < -0.3 is 10.5 Å². The zero-order valence-corrected chi connectivity index (χ0v) is 10.7. The molecule has 1 aromatic carbocycles. The molecule has 96 valence electrons. The molecular formula is C14H19N3O. The number of aromatic nitrogens is 2. The summed E-state index contributed by atoms with van der Waals surface area (Å²) in [7, 11) is 0. The van der Waals surface area contributed by atoms with Gasteiger partial charge in [-0.1, -0.05) is 19.1 Å². The van der Waals surface area contributed by atoms with Gasteiger partial charge in [-0.25, -0.2) is 0 Å². The van der Waals surface area contributed by atoms with Gasteiger partial charge in [-0.3, -0.25) is 4.68 Å². The van der Waals surface area contributed by atoms with E-state index in [1.165, 1.54) is 0 Å². The van der Waals surface area contributed by atoms with Crippen molar-refractivity contribution in [2.24, 2.45) is 0 Å². The number of ether oxygens (including phenoxy) is 1. The standard InChI is InChI=1S/C14H19N3O/c1-2-7-18-8-6-17-11-13(10-16-17)12-4-3-5-14(15)9-12/h3-5,9-11H,2,6-8,15H2,1H3. The Morgan fingerprint density at radius 2 is 2.17 bits per heavy atom. The van der Waals surface area contributed by atoms with E-state index in [2.05, 4.69) is 12.0 Å². The van der Waals surface area contributed by atoms with Gasteiger partial charge in [0.15, 0.2) is 0 Å². The summed E-state index contributed by atoms with van der Waals surface area (Å²) in [6.07, 6.45) is 4.92. The highest BCUT2D eigenvalue weighted by molar-refractivity contribution is 5.65. The van der Waals surface area contributed by atoms with Crippen LogP contribution in [0.15, 0.2) is 36.7 Å². The van der Waals surface area contributed by atoms with Gasteiger partial charge in [0.1, 0.15) is 0 Å². The first kappa shape index (κ1) is 12.6. The average molecular weight is 245 g/mol. The van der Waals surface area contributed by atoms with E-state index in [0.29, 0.717) is 6.61 Å². The summed E-state index contributed by atoms with van der Waals surface area (Å²) in [6.45, 7) is 4.39. The number of rotatable bonds is 6. The molecule has 0 unspecified atom stereocenters. The lowest BCUT2D eigenvalue weighted by molar-refractivity contribution is 0.124. The van der Waals surface area contributed by atoms with Crippen LogP contribution in [0.1, 0.15) is 13.3 Å². The second-order valence-corrected chi connectivity index (χ2v) is 4.23. The van der Waals surface area contributed by atoms with E-state index in [-0.39, 0.29) is 0 Å². The molecule has 0 fully saturated rings. The molecule has 0 bridgehead atoms. The molecule has 18 heavy (non-hydrogen) atoms. The summed E-state index contributed by atoms with van der Waals surface area (Å²) in [6, 6.07) is 7.82. The van der Waals surface area contributed by atoms with Crippen LogP contribution in [0, 0.1) is 0 Å². The fourth-order valence-electron chi connectivity index (χ4n) is 1.76. The lowest BCUT2D eigenvalue weighted by Gasteiger charge is -2.02. The van der Waals surface area contributed by atoms with Gasteiger partial charge in [-0.15, -0.1) is 0 Å². The first-order valence-corrected chi connectivity index (χ1v) is 6.25. The minimum Gasteiger partial charge on any atom is -0.399 e. The van der Waals surface area contributed by atoms with E-state index in [0.717, 1.165) is 36.4 Å². The Morgan fingerprint density at radius 1 is 1.28 bits per heavy atom. The predicted octanol–water partition coefficient (Wildman–Crippen LogP) is 2.56. The maximum absolute atomic E-state index is 5.77. The Labute approximate surface area is 107 Å². The first-order chi connectivity index (χ1) is 8.79. The Hall–Kier alpha value is -1.81. The molecule has 0 aliphatic carbocycles. The van der Waals surface area contributed by atoms with Gasteiger partial charge in [-0.05, 0) is 24.1 Å². The highest BCUT2D eigenvalue weighted by Gasteiger charge is 2.02. The molecule has 2 aromatic rings. The summed E-state index contributed by atoms with van der Waals surface area (Å²) in [4.78, 5) is 0. The zero-order chi connectivity index (χ0) is 12.8. The van der Waals surface area contributed by atoms with Crippen LogP contribution in [0.25, 0.3) is 11.1 Å². The van der Waals surface area contributed by atoms with Crippen LogP contribution in [0.3, 0.4) is 0 Å². The van der Waals surface area contributed by atoms with Gasteiger partial charge in [0, 0.05) is 24.1 Å². The SMILES string of the molecule is CCCOCCn1cc(-c2cccc(N)c2)cn1. The first-order valence-electron chi connectivity index (χ1n) is 6.25. The van der Waals surface area contributed by atoms with Gasteiger partial charge in [0.2, 0.25) is 0 Å². The molecule has 0 saturated heterocycles. The highest BCUT2D eigenvalue weighted by atomic mass is 16.5. The van der Waals surface area contributed by atoms with Crippen LogP contribution in [-0.2, 0) is 11.3 Å². The molecule has 0 atom stereocenters. The number of nitrogens with two attached hydrogens (primary N) is 1. The van der Waals surface area contributed by atoms with Crippen LogP contribution in [0.4, 0.5) is 5.69 Å². The largest absolute Gasteiger partial charge is 0.399 e. The van der Waals surface area contributed by atoms with Crippen molar-refractivity contribution in [2.45, 2.75) is 19.9 Å². The van der Waals surface area contributed by atoms with Crippen LogP contribution in [0.2, 0.25) is 0 Å². The average Bonchev–Trinajstić information content (AvgIpc) is 2.83. The van der Waals surface area contributed by atoms with Crippen molar-refractivity contribution in [3.8, 4) is 11.1 Å². The summed E-state index contributed by atoms with van der Waals surface area (Å²) >= 11 is 0. The van der Waals surface area contributed by atoms with Crippen molar-refractivity contribution < 1.29 is 4.74 Å². The summed E-state index contributed by atoms with van der Waals surface area (Å²) in [5.41, 5.74) is 8.71. The Balaban J connectivity index is 1.97. The van der Waals surface area contributed by atoms with Crippen molar-refractivity contribution in [1.82, 2.24) is 9.78 Å². The van der Waals surface area contributed by atoms with Gasteiger partial charge in [0.05, 0.1) is 19.3 Å². The fourth-order valence-corrected chi connectivity index (χ4v) is 1.76. The molecule has 0 aliphatic rings. The minimum atomic E-state index is 0.700. The number of nitrogens with zero attached hydrogens (tertiary/aromatic N) is 2. The second kappa shape index (κ2) is 6.21. The smallest absolute Gasteiger partial charge is 0.0662 e. The third-order valence-electron chi connectivity index (χ3n) is 2.67. The van der Waals surface area contributed by atoms with Gasteiger partial charge in [-0.2, -0.15) is 5.10 Å². The zero-order valence-electron chi connectivity index (χ0n) is 10.7. The normalized spacial score (nSPS) is 10.7. The Morgan fingerprint density at radius 3 is 2.94 bits per heavy atom. The minimum absolute atomic E-state index is 0.700. The quantitative estimate of drug-likeness (QED) is 0.628. The van der Waals surface area contributed by atoms with Crippen molar-refractivity contribution in [2.75, 3.05) is 18.9 Å².